The summed E-state index contributed by atoms with van der Waals surface area (Å²) in [5.74, 6) is -0.845. The maximum atomic E-state index is 14.1. The summed E-state index contributed by atoms with van der Waals surface area (Å²) in [6.45, 7) is 4.38. The molecule has 0 aromatic heterocycles. The van der Waals surface area contributed by atoms with E-state index in [4.69, 9.17) is 0 Å². The van der Waals surface area contributed by atoms with Gasteiger partial charge in [-0.05, 0) is 42.2 Å². The Morgan fingerprint density at radius 2 is 2.00 bits per heavy atom. The van der Waals surface area contributed by atoms with Crippen LogP contribution in [0.25, 0.3) is 0 Å². The molecule has 0 radical (unpaired) electrons. The number of benzene rings is 2. The standard InChI is InChI=1S/C20H20BrFN2O2/c1-12(2)9-18(19(25)23-17-8-7-14(21)10-16(17)22)24-11-13-5-3-4-6-15(13)20(24)26/h3-8,10,12,18H,9,11H2,1-2H3,(H,23,25)/t18-/m1/s1. The number of anilines is 1. The summed E-state index contributed by atoms with van der Waals surface area (Å²) in [5.41, 5.74) is 1.65. The van der Waals surface area contributed by atoms with Crippen molar-refractivity contribution < 1.29 is 14.0 Å². The largest absolute Gasteiger partial charge is 0.322 e. The molecule has 0 saturated carbocycles. The molecule has 0 saturated heterocycles. The van der Waals surface area contributed by atoms with Gasteiger partial charge >= 0.3 is 0 Å². The zero-order chi connectivity index (χ0) is 18.8. The van der Waals surface area contributed by atoms with Gasteiger partial charge in [-0.25, -0.2) is 4.39 Å². The minimum absolute atomic E-state index is 0.108. The minimum Gasteiger partial charge on any atom is -0.322 e. The quantitative estimate of drug-likeness (QED) is 0.771. The molecule has 1 N–H and O–H groups in total. The monoisotopic (exact) mass is 418 g/mol. The van der Waals surface area contributed by atoms with Crippen LogP contribution in [0.5, 0.6) is 0 Å². The fraction of sp³-hybridized carbons (Fsp3) is 0.300. The van der Waals surface area contributed by atoms with Crippen LogP contribution in [0.4, 0.5) is 10.1 Å². The zero-order valence-corrected chi connectivity index (χ0v) is 16.2. The molecule has 1 aliphatic rings. The molecule has 1 aliphatic heterocycles. The topological polar surface area (TPSA) is 49.4 Å². The lowest BCUT2D eigenvalue weighted by Crippen LogP contribution is -2.45. The van der Waals surface area contributed by atoms with Crippen LogP contribution in [-0.2, 0) is 11.3 Å². The summed E-state index contributed by atoms with van der Waals surface area (Å²) in [6, 6.07) is 11.2. The van der Waals surface area contributed by atoms with Gasteiger partial charge in [0.05, 0.1) is 5.69 Å². The first-order valence-electron chi connectivity index (χ1n) is 8.51. The van der Waals surface area contributed by atoms with Crippen molar-refractivity contribution in [3.05, 3.63) is 63.9 Å². The average molecular weight is 419 g/mol. The Morgan fingerprint density at radius 1 is 1.27 bits per heavy atom. The van der Waals surface area contributed by atoms with Crippen LogP contribution < -0.4 is 5.32 Å². The summed E-state index contributed by atoms with van der Waals surface area (Å²) >= 11 is 3.20. The van der Waals surface area contributed by atoms with E-state index in [2.05, 4.69) is 21.2 Å². The predicted octanol–water partition coefficient (Wildman–Crippen LogP) is 4.60. The van der Waals surface area contributed by atoms with E-state index in [-0.39, 0.29) is 23.4 Å². The highest BCUT2D eigenvalue weighted by Gasteiger charge is 2.36. The normalized spacial score (nSPS) is 14.5. The van der Waals surface area contributed by atoms with Gasteiger partial charge in [0.25, 0.3) is 5.91 Å². The molecule has 2 aromatic rings. The number of nitrogens with zero attached hydrogens (tertiary/aromatic N) is 1. The molecular weight excluding hydrogens is 399 g/mol. The minimum atomic E-state index is -0.655. The molecule has 2 amide bonds. The molecule has 136 valence electrons. The van der Waals surface area contributed by atoms with Crippen molar-refractivity contribution in [2.75, 3.05) is 5.32 Å². The number of hydrogen-bond acceptors (Lipinski definition) is 2. The van der Waals surface area contributed by atoms with Gasteiger partial charge in [0.15, 0.2) is 0 Å². The summed E-state index contributed by atoms with van der Waals surface area (Å²) in [4.78, 5) is 27.2. The average Bonchev–Trinajstić information content (AvgIpc) is 2.92. The maximum absolute atomic E-state index is 14.1. The van der Waals surface area contributed by atoms with Gasteiger partial charge in [-0.3, -0.25) is 9.59 Å². The highest BCUT2D eigenvalue weighted by molar-refractivity contribution is 9.10. The zero-order valence-electron chi connectivity index (χ0n) is 14.6. The number of halogens is 2. The van der Waals surface area contributed by atoms with Gasteiger partial charge in [0.2, 0.25) is 5.91 Å². The Balaban J connectivity index is 1.84. The molecule has 0 bridgehead atoms. The third-order valence-electron chi connectivity index (χ3n) is 4.41. The van der Waals surface area contributed by atoms with Crippen LogP contribution in [0.15, 0.2) is 46.9 Å². The molecule has 4 nitrogen and oxygen atoms in total. The van der Waals surface area contributed by atoms with Crippen molar-refractivity contribution >= 4 is 33.4 Å². The van der Waals surface area contributed by atoms with Crippen LogP contribution in [0, 0.1) is 11.7 Å². The summed E-state index contributed by atoms with van der Waals surface area (Å²) in [7, 11) is 0. The molecule has 6 heteroatoms. The Kier molecular flexibility index (Phi) is 5.41. The summed E-state index contributed by atoms with van der Waals surface area (Å²) < 4.78 is 14.7. The van der Waals surface area contributed by atoms with Crippen molar-refractivity contribution in [1.82, 2.24) is 4.90 Å². The number of nitrogens with one attached hydrogen (secondary N) is 1. The smallest absolute Gasteiger partial charge is 0.255 e. The third kappa shape index (κ3) is 3.80. The van der Waals surface area contributed by atoms with E-state index in [0.29, 0.717) is 23.0 Å². The highest BCUT2D eigenvalue weighted by Crippen LogP contribution is 2.28. The van der Waals surface area contributed by atoms with Crippen molar-refractivity contribution in [3.63, 3.8) is 0 Å². The molecule has 1 atom stereocenters. The molecule has 0 fully saturated rings. The van der Waals surface area contributed by atoms with Gasteiger partial charge < -0.3 is 10.2 Å². The fourth-order valence-electron chi connectivity index (χ4n) is 3.16. The van der Waals surface area contributed by atoms with E-state index in [1.807, 2.05) is 32.0 Å². The summed E-state index contributed by atoms with van der Waals surface area (Å²) in [6.07, 6.45) is 0.504. The lowest BCUT2D eigenvalue weighted by molar-refractivity contribution is -0.121. The van der Waals surface area contributed by atoms with Crippen LogP contribution in [0.1, 0.15) is 36.2 Å². The first-order chi connectivity index (χ1) is 12.4. The lowest BCUT2D eigenvalue weighted by Gasteiger charge is -2.28. The second kappa shape index (κ2) is 7.58. The molecule has 1 heterocycles. The fourth-order valence-corrected chi connectivity index (χ4v) is 3.49. The van der Waals surface area contributed by atoms with Gasteiger partial charge in [0, 0.05) is 16.6 Å². The van der Waals surface area contributed by atoms with Crippen LogP contribution in [0.3, 0.4) is 0 Å². The SMILES string of the molecule is CC(C)C[C@H](C(=O)Nc1ccc(Br)cc1F)N1Cc2ccccc2C1=O. The Morgan fingerprint density at radius 3 is 2.65 bits per heavy atom. The number of hydrogen-bond donors (Lipinski definition) is 1. The predicted molar refractivity (Wildman–Crippen MR) is 102 cm³/mol. The second-order valence-electron chi connectivity index (χ2n) is 6.85. The van der Waals surface area contributed by atoms with E-state index >= 15 is 0 Å². The molecular formula is C20H20BrFN2O2. The first-order valence-corrected chi connectivity index (χ1v) is 9.31. The Bertz CT molecular complexity index is 853. The van der Waals surface area contributed by atoms with Crippen molar-refractivity contribution in [2.24, 2.45) is 5.92 Å². The number of amides is 2. The van der Waals surface area contributed by atoms with E-state index in [9.17, 15) is 14.0 Å². The first kappa shape index (κ1) is 18.6. The van der Waals surface area contributed by atoms with Crippen molar-refractivity contribution in [3.8, 4) is 0 Å². The maximum Gasteiger partial charge on any atom is 0.255 e. The molecule has 26 heavy (non-hydrogen) atoms. The van der Waals surface area contributed by atoms with Crippen LogP contribution >= 0.6 is 15.9 Å². The third-order valence-corrected chi connectivity index (χ3v) is 4.91. The van der Waals surface area contributed by atoms with Crippen LogP contribution in [0.2, 0.25) is 0 Å². The van der Waals surface area contributed by atoms with Crippen molar-refractivity contribution in [1.29, 1.82) is 0 Å². The van der Waals surface area contributed by atoms with E-state index in [1.54, 1.807) is 17.0 Å². The molecule has 0 aliphatic carbocycles. The number of carbonyl (C=O) groups is 2. The number of fused-ring (bicyclic) bond motifs is 1. The van der Waals surface area contributed by atoms with E-state index < -0.39 is 11.9 Å². The molecule has 0 unspecified atom stereocenters. The van der Waals surface area contributed by atoms with Gasteiger partial charge in [-0.15, -0.1) is 0 Å². The van der Waals surface area contributed by atoms with Gasteiger partial charge in [-0.1, -0.05) is 48.0 Å². The Labute approximate surface area is 160 Å². The Hall–Kier alpha value is -2.21. The van der Waals surface area contributed by atoms with Crippen molar-refractivity contribution in [2.45, 2.75) is 32.9 Å². The lowest BCUT2D eigenvalue weighted by atomic mass is 10.0. The highest BCUT2D eigenvalue weighted by atomic mass is 79.9. The molecule has 2 aromatic carbocycles. The van der Waals surface area contributed by atoms with Gasteiger partial charge in [-0.2, -0.15) is 0 Å². The number of rotatable bonds is 5. The van der Waals surface area contributed by atoms with E-state index in [1.165, 1.54) is 12.1 Å². The second-order valence-corrected chi connectivity index (χ2v) is 7.76. The van der Waals surface area contributed by atoms with Crippen LogP contribution in [-0.4, -0.2) is 22.8 Å². The molecule has 0 spiro atoms. The molecule has 3 rings (SSSR count). The summed E-state index contributed by atoms with van der Waals surface area (Å²) in [5, 5.41) is 2.64. The van der Waals surface area contributed by atoms with Gasteiger partial charge in [0.1, 0.15) is 11.9 Å². The van der Waals surface area contributed by atoms with E-state index in [0.717, 1.165) is 5.56 Å². The number of carbonyl (C=O) groups excluding carboxylic acids is 2.